The lowest BCUT2D eigenvalue weighted by Crippen LogP contribution is -2.49. The maximum atomic E-state index is 10.6. The topological polar surface area (TPSA) is 54.4 Å². The molecule has 0 spiro atoms. The maximum absolute atomic E-state index is 10.6. The first-order valence-electron chi connectivity index (χ1n) is 12.1. The van der Waals surface area contributed by atoms with E-state index < -0.39 is 6.10 Å². The van der Waals surface area contributed by atoms with Crippen molar-refractivity contribution in [2.45, 2.75) is 58.8 Å². The molecular weight excluding hydrogens is 392 g/mol. The molecule has 174 valence electrons. The van der Waals surface area contributed by atoms with Gasteiger partial charge in [0.05, 0.1) is 18.8 Å². The fourth-order valence-electron chi connectivity index (χ4n) is 5.16. The first-order valence-corrected chi connectivity index (χ1v) is 12.1. The van der Waals surface area contributed by atoms with Crippen molar-refractivity contribution < 1.29 is 19.3 Å². The van der Waals surface area contributed by atoms with Gasteiger partial charge in [0.1, 0.15) is 0 Å². The van der Waals surface area contributed by atoms with Gasteiger partial charge in [-0.25, -0.2) is 0 Å². The molecule has 1 saturated heterocycles. The van der Waals surface area contributed by atoms with Crippen LogP contribution in [-0.2, 0) is 11.3 Å². The molecular formula is C25H40N2O4. The van der Waals surface area contributed by atoms with Crippen LogP contribution in [0.2, 0.25) is 0 Å². The zero-order valence-corrected chi connectivity index (χ0v) is 19.5. The highest BCUT2D eigenvalue weighted by molar-refractivity contribution is 5.44. The molecule has 6 heteroatoms. The lowest BCUT2D eigenvalue weighted by molar-refractivity contribution is -0.0678. The summed E-state index contributed by atoms with van der Waals surface area (Å²) in [5, 5.41) is 10.6. The molecule has 6 nitrogen and oxygen atoms in total. The number of benzene rings is 1. The second-order valence-electron chi connectivity index (χ2n) is 10.1. The summed E-state index contributed by atoms with van der Waals surface area (Å²) in [6, 6.07) is 6.21. The number of fused-ring (bicyclic) bond motifs is 1. The van der Waals surface area contributed by atoms with Gasteiger partial charge < -0.3 is 19.3 Å². The molecule has 1 aromatic rings. The number of hydrogen-bond acceptors (Lipinski definition) is 6. The van der Waals surface area contributed by atoms with E-state index in [9.17, 15) is 5.11 Å². The van der Waals surface area contributed by atoms with E-state index in [0.717, 1.165) is 62.5 Å². The Morgan fingerprint density at radius 3 is 2.58 bits per heavy atom. The molecule has 31 heavy (non-hydrogen) atoms. The van der Waals surface area contributed by atoms with Crippen molar-refractivity contribution in [3.63, 3.8) is 0 Å². The molecule has 0 aromatic heterocycles. The Hall–Kier alpha value is -1.34. The molecule has 1 aromatic carbocycles. The van der Waals surface area contributed by atoms with Gasteiger partial charge in [-0.1, -0.05) is 26.8 Å². The fraction of sp³-hybridized carbons (Fsp3) is 0.760. The van der Waals surface area contributed by atoms with Gasteiger partial charge in [0, 0.05) is 39.3 Å². The lowest BCUT2D eigenvalue weighted by Gasteiger charge is -2.37. The van der Waals surface area contributed by atoms with Gasteiger partial charge in [-0.3, -0.25) is 9.80 Å². The highest BCUT2D eigenvalue weighted by Gasteiger charge is 2.30. The Kier molecular flexibility index (Phi) is 7.75. The first kappa shape index (κ1) is 22.8. The Bertz CT molecular complexity index is 705. The van der Waals surface area contributed by atoms with E-state index in [2.05, 4.69) is 42.7 Å². The zero-order valence-electron chi connectivity index (χ0n) is 19.5. The summed E-state index contributed by atoms with van der Waals surface area (Å²) < 4.78 is 17.1. The molecule has 0 bridgehead atoms. The van der Waals surface area contributed by atoms with Crippen molar-refractivity contribution in [1.29, 1.82) is 0 Å². The van der Waals surface area contributed by atoms with Gasteiger partial charge in [0.25, 0.3) is 0 Å². The highest BCUT2D eigenvalue weighted by Crippen LogP contribution is 2.35. The van der Waals surface area contributed by atoms with Gasteiger partial charge in [0.15, 0.2) is 11.5 Å². The Morgan fingerprint density at radius 2 is 1.81 bits per heavy atom. The number of aliphatic hydroxyl groups excluding tert-OH is 1. The average molecular weight is 433 g/mol. The smallest absolute Gasteiger partial charge is 0.231 e. The molecule has 2 heterocycles. The van der Waals surface area contributed by atoms with Gasteiger partial charge >= 0.3 is 0 Å². The van der Waals surface area contributed by atoms with Crippen molar-refractivity contribution in [3.8, 4) is 11.5 Å². The van der Waals surface area contributed by atoms with E-state index in [1.807, 2.05) is 6.07 Å². The van der Waals surface area contributed by atoms with Gasteiger partial charge in [0.2, 0.25) is 6.79 Å². The number of rotatable bonds is 8. The molecule has 1 aliphatic carbocycles. The van der Waals surface area contributed by atoms with E-state index in [-0.39, 0.29) is 0 Å². The van der Waals surface area contributed by atoms with E-state index in [1.165, 1.54) is 18.4 Å². The predicted octanol–water partition coefficient (Wildman–Crippen LogP) is 3.37. The highest BCUT2D eigenvalue weighted by atomic mass is 16.7. The summed E-state index contributed by atoms with van der Waals surface area (Å²) in [6.07, 6.45) is 3.60. The van der Waals surface area contributed by atoms with Crippen LogP contribution < -0.4 is 9.47 Å². The molecule has 0 unspecified atom stereocenters. The fourth-order valence-corrected chi connectivity index (χ4v) is 5.16. The molecule has 3 aliphatic rings. The molecule has 1 N–H and O–H groups in total. The SMILES string of the molecule is CC(C)[C@H]1CC[C@H](C)[C@@H](OC[C@H](O)CN2CCN(Cc3ccc4c(c3)OCO4)CC2)C1. The summed E-state index contributed by atoms with van der Waals surface area (Å²) in [5.74, 6) is 3.77. The van der Waals surface area contributed by atoms with Crippen LogP contribution in [0.4, 0.5) is 0 Å². The van der Waals surface area contributed by atoms with Gasteiger partial charge in [-0.05, 0) is 54.7 Å². The predicted molar refractivity (Wildman–Crippen MR) is 121 cm³/mol. The number of ether oxygens (including phenoxy) is 3. The standard InChI is InChI=1S/C25H40N2O4/c1-18(2)21-6-4-19(3)24(13-21)29-16-22(28)15-27-10-8-26(9-11-27)14-20-5-7-23-25(12-20)31-17-30-23/h5,7,12,18-19,21-22,24,28H,4,6,8-11,13-17H2,1-3H3/t19-,21-,22+,24-/m0/s1. The monoisotopic (exact) mass is 432 g/mol. The van der Waals surface area contributed by atoms with Gasteiger partial charge in [-0.2, -0.15) is 0 Å². The van der Waals surface area contributed by atoms with E-state index in [1.54, 1.807) is 0 Å². The van der Waals surface area contributed by atoms with Gasteiger partial charge in [-0.15, -0.1) is 0 Å². The molecule has 4 atom stereocenters. The molecule has 0 radical (unpaired) electrons. The first-order chi connectivity index (χ1) is 15.0. The van der Waals surface area contributed by atoms with E-state index in [4.69, 9.17) is 14.2 Å². The van der Waals surface area contributed by atoms with Crippen LogP contribution in [0, 0.1) is 17.8 Å². The zero-order chi connectivity index (χ0) is 21.8. The minimum atomic E-state index is -0.410. The second-order valence-corrected chi connectivity index (χ2v) is 10.1. The summed E-state index contributed by atoms with van der Waals surface area (Å²) in [5.41, 5.74) is 1.26. The quantitative estimate of drug-likeness (QED) is 0.680. The van der Waals surface area contributed by atoms with Crippen LogP contribution in [0.25, 0.3) is 0 Å². The Balaban J connectivity index is 1.16. The second kappa shape index (κ2) is 10.5. The molecule has 2 fully saturated rings. The third kappa shape index (κ3) is 6.13. The van der Waals surface area contributed by atoms with Crippen molar-refractivity contribution in [3.05, 3.63) is 23.8 Å². The molecule has 0 amide bonds. The van der Waals surface area contributed by atoms with Crippen LogP contribution in [0.5, 0.6) is 11.5 Å². The summed E-state index contributed by atoms with van der Waals surface area (Å²) >= 11 is 0. The number of aliphatic hydroxyl groups is 1. The van der Waals surface area contributed by atoms with Crippen LogP contribution in [0.1, 0.15) is 45.6 Å². The van der Waals surface area contributed by atoms with Crippen molar-refractivity contribution >= 4 is 0 Å². The Labute approximate surface area is 187 Å². The number of β-amino-alcohol motifs (C(OH)–C–C–N with tert-alkyl or cyclic N) is 1. The van der Waals surface area contributed by atoms with Crippen molar-refractivity contribution in [2.75, 3.05) is 46.1 Å². The number of piperazine rings is 1. The van der Waals surface area contributed by atoms with Crippen LogP contribution in [-0.4, -0.2) is 73.2 Å². The van der Waals surface area contributed by atoms with Crippen LogP contribution in [0.3, 0.4) is 0 Å². The minimum Gasteiger partial charge on any atom is -0.454 e. The summed E-state index contributed by atoms with van der Waals surface area (Å²) in [7, 11) is 0. The van der Waals surface area contributed by atoms with Crippen molar-refractivity contribution in [1.82, 2.24) is 9.80 Å². The Morgan fingerprint density at radius 1 is 1.06 bits per heavy atom. The molecule has 2 aliphatic heterocycles. The lowest BCUT2D eigenvalue weighted by atomic mass is 9.76. The average Bonchev–Trinajstić information content (AvgIpc) is 3.22. The third-order valence-electron chi connectivity index (χ3n) is 7.39. The largest absolute Gasteiger partial charge is 0.454 e. The van der Waals surface area contributed by atoms with E-state index >= 15 is 0 Å². The summed E-state index contributed by atoms with van der Waals surface area (Å²) in [6.45, 7) is 13.3. The number of nitrogens with zero attached hydrogens (tertiary/aromatic N) is 2. The maximum Gasteiger partial charge on any atom is 0.231 e. The van der Waals surface area contributed by atoms with Crippen LogP contribution >= 0.6 is 0 Å². The summed E-state index contributed by atoms with van der Waals surface area (Å²) in [4.78, 5) is 4.83. The third-order valence-corrected chi connectivity index (χ3v) is 7.39. The van der Waals surface area contributed by atoms with Crippen molar-refractivity contribution in [2.24, 2.45) is 17.8 Å². The number of hydrogen-bond donors (Lipinski definition) is 1. The minimum absolute atomic E-state index is 0.300. The molecule has 1 saturated carbocycles. The van der Waals surface area contributed by atoms with Crippen LogP contribution in [0.15, 0.2) is 18.2 Å². The van der Waals surface area contributed by atoms with E-state index in [0.29, 0.717) is 32.0 Å². The molecule has 4 rings (SSSR count). The normalized spacial score (nSPS) is 28.2.